The SMILES string of the molecule is Cc1cc(S(=O)(=O)n2ccnc2C)ccc1F. The molecule has 0 spiro atoms. The molecule has 0 atom stereocenters. The van der Waals surface area contributed by atoms with Gasteiger partial charge in [0.05, 0.1) is 4.90 Å². The summed E-state index contributed by atoms with van der Waals surface area (Å²) in [4.78, 5) is 3.91. The summed E-state index contributed by atoms with van der Waals surface area (Å²) in [6, 6.07) is 3.70. The monoisotopic (exact) mass is 254 g/mol. The van der Waals surface area contributed by atoms with Crippen molar-refractivity contribution in [1.82, 2.24) is 8.96 Å². The highest BCUT2D eigenvalue weighted by Crippen LogP contribution is 2.18. The van der Waals surface area contributed by atoms with Crippen LogP contribution >= 0.6 is 0 Å². The number of hydrogen-bond donors (Lipinski definition) is 0. The van der Waals surface area contributed by atoms with E-state index in [9.17, 15) is 12.8 Å². The van der Waals surface area contributed by atoms with Crippen LogP contribution in [0.5, 0.6) is 0 Å². The van der Waals surface area contributed by atoms with Crippen molar-refractivity contribution in [2.45, 2.75) is 18.7 Å². The first-order chi connectivity index (χ1) is 7.93. The minimum atomic E-state index is -3.68. The van der Waals surface area contributed by atoms with Gasteiger partial charge in [0.1, 0.15) is 11.6 Å². The van der Waals surface area contributed by atoms with Crippen LogP contribution in [-0.4, -0.2) is 17.4 Å². The molecule has 0 aliphatic rings. The number of aromatic nitrogens is 2. The maximum atomic E-state index is 13.1. The molecule has 2 aromatic rings. The maximum absolute atomic E-state index is 13.1. The summed E-state index contributed by atoms with van der Waals surface area (Å²) < 4.78 is 38.5. The molecule has 0 N–H and O–H groups in total. The predicted octanol–water partition coefficient (Wildman–Crippen LogP) is 1.88. The van der Waals surface area contributed by atoms with Crippen LogP contribution in [0.3, 0.4) is 0 Å². The number of rotatable bonds is 2. The Morgan fingerprint density at radius 2 is 2.00 bits per heavy atom. The maximum Gasteiger partial charge on any atom is 0.269 e. The van der Waals surface area contributed by atoms with Gasteiger partial charge in [0.25, 0.3) is 10.0 Å². The minimum absolute atomic E-state index is 0.0532. The predicted molar refractivity (Wildman–Crippen MR) is 60.7 cm³/mol. The standard InChI is InChI=1S/C11H11FN2O2S/c1-8-7-10(3-4-11(8)12)17(15,16)14-6-5-13-9(14)2/h3-7H,1-2H3. The molecule has 0 unspecified atom stereocenters. The lowest BCUT2D eigenvalue weighted by Crippen LogP contribution is -2.14. The average molecular weight is 254 g/mol. The van der Waals surface area contributed by atoms with Crippen molar-refractivity contribution in [3.05, 3.63) is 47.8 Å². The Labute approximate surface area is 98.8 Å². The lowest BCUT2D eigenvalue weighted by atomic mass is 10.2. The molecule has 0 radical (unpaired) electrons. The van der Waals surface area contributed by atoms with Gasteiger partial charge in [0.15, 0.2) is 0 Å². The molecule has 17 heavy (non-hydrogen) atoms. The second kappa shape index (κ2) is 3.96. The first-order valence-electron chi connectivity index (χ1n) is 4.94. The van der Waals surface area contributed by atoms with Crippen LogP contribution in [0.15, 0.2) is 35.5 Å². The first-order valence-corrected chi connectivity index (χ1v) is 6.38. The van der Waals surface area contributed by atoms with Gasteiger partial charge in [0.2, 0.25) is 0 Å². The first kappa shape index (κ1) is 11.8. The Morgan fingerprint density at radius 3 is 2.53 bits per heavy atom. The summed E-state index contributed by atoms with van der Waals surface area (Å²) in [5.74, 6) is -0.0571. The van der Waals surface area contributed by atoms with E-state index in [1.165, 1.54) is 31.5 Å². The molecule has 2 rings (SSSR count). The number of aryl methyl sites for hydroxylation is 2. The van der Waals surface area contributed by atoms with Gasteiger partial charge in [-0.15, -0.1) is 0 Å². The Morgan fingerprint density at radius 1 is 1.29 bits per heavy atom. The van der Waals surface area contributed by atoms with Gasteiger partial charge in [-0.25, -0.2) is 21.8 Å². The van der Waals surface area contributed by atoms with Crippen LogP contribution in [0.2, 0.25) is 0 Å². The molecule has 0 saturated carbocycles. The molecule has 4 nitrogen and oxygen atoms in total. The van der Waals surface area contributed by atoms with Gasteiger partial charge in [0, 0.05) is 12.4 Å². The molecule has 1 aromatic carbocycles. The largest absolute Gasteiger partial charge is 0.269 e. The van der Waals surface area contributed by atoms with E-state index in [0.29, 0.717) is 11.4 Å². The summed E-state index contributed by atoms with van der Waals surface area (Å²) in [6.07, 6.45) is 2.77. The highest BCUT2D eigenvalue weighted by atomic mass is 32.2. The Hall–Kier alpha value is -1.69. The molecule has 1 heterocycles. The van der Waals surface area contributed by atoms with Crippen molar-refractivity contribution in [1.29, 1.82) is 0 Å². The van der Waals surface area contributed by atoms with Crippen LogP contribution in [0.25, 0.3) is 0 Å². The normalized spacial score (nSPS) is 11.7. The van der Waals surface area contributed by atoms with Gasteiger partial charge in [-0.1, -0.05) is 0 Å². The van der Waals surface area contributed by atoms with Crippen molar-refractivity contribution in [2.24, 2.45) is 0 Å². The third kappa shape index (κ3) is 1.95. The lowest BCUT2D eigenvalue weighted by Gasteiger charge is -2.08. The Kier molecular flexibility index (Phi) is 2.74. The molecule has 1 aromatic heterocycles. The summed E-state index contributed by atoms with van der Waals surface area (Å²) in [6.45, 7) is 3.11. The third-order valence-corrected chi connectivity index (χ3v) is 4.22. The summed E-state index contributed by atoms with van der Waals surface area (Å²) in [5, 5.41) is 0. The van der Waals surface area contributed by atoms with Gasteiger partial charge in [-0.3, -0.25) is 0 Å². The Bertz CT molecular complexity index is 662. The van der Waals surface area contributed by atoms with Crippen LogP contribution in [0.1, 0.15) is 11.4 Å². The van der Waals surface area contributed by atoms with E-state index < -0.39 is 15.8 Å². The summed E-state index contributed by atoms with van der Waals surface area (Å²) >= 11 is 0. The second-order valence-corrected chi connectivity index (χ2v) is 5.50. The summed E-state index contributed by atoms with van der Waals surface area (Å²) in [5.41, 5.74) is 0.295. The van der Waals surface area contributed by atoms with E-state index in [1.807, 2.05) is 0 Å². The van der Waals surface area contributed by atoms with Crippen molar-refractivity contribution >= 4 is 10.0 Å². The van der Waals surface area contributed by atoms with Gasteiger partial charge in [-0.2, -0.15) is 0 Å². The molecule has 0 amide bonds. The number of nitrogens with zero attached hydrogens (tertiary/aromatic N) is 2. The summed E-state index contributed by atoms with van der Waals surface area (Å²) in [7, 11) is -3.68. The number of imidazole rings is 1. The van der Waals surface area contributed by atoms with E-state index in [0.717, 1.165) is 10.0 Å². The Balaban J connectivity index is 2.60. The van der Waals surface area contributed by atoms with Crippen molar-refractivity contribution in [2.75, 3.05) is 0 Å². The fraction of sp³-hybridized carbons (Fsp3) is 0.182. The zero-order chi connectivity index (χ0) is 12.6. The van der Waals surface area contributed by atoms with Crippen LogP contribution in [0, 0.1) is 19.7 Å². The van der Waals surface area contributed by atoms with Crippen LogP contribution in [0.4, 0.5) is 4.39 Å². The zero-order valence-electron chi connectivity index (χ0n) is 9.38. The second-order valence-electron chi connectivity index (χ2n) is 3.69. The molecule has 0 bridgehead atoms. The lowest BCUT2D eigenvalue weighted by molar-refractivity contribution is 0.584. The van der Waals surface area contributed by atoms with E-state index in [2.05, 4.69) is 4.98 Å². The fourth-order valence-corrected chi connectivity index (χ4v) is 2.91. The molecule has 6 heteroatoms. The third-order valence-electron chi connectivity index (χ3n) is 2.47. The molecular weight excluding hydrogens is 243 g/mol. The molecule has 0 aliphatic carbocycles. The zero-order valence-corrected chi connectivity index (χ0v) is 10.2. The number of hydrogen-bond acceptors (Lipinski definition) is 3. The number of halogens is 1. The van der Waals surface area contributed by atoms with Gasteiger partial charge in [-0.05, 0) is 37.6 Å². The van der Waals surface area contributed by atoms with Gasteiger partial charge < -0.3 is 0 Å². The molecule has 0 aliphatic heterocycles. The van der Waals surface area contributed by atoms with Crippen molar-refractivity contribution in [3.8, 4) is 0 Å². The van der Waals surface area contributed by atoms with Crippen molar-refractivity contribution in [3.63, 3.8) is 0 Å². The molecule has 90 valence electrons. The number of benzene rings is 1. The average Bonchev–Trinajstić information content (AvgIpc) is 2.69. The minimum Gasteiger partial charge on any atom is -0.241 e. The quantitative estimate of drug-likeness (QED) is 0.822. The molecule has 0 saturated heterocycles. The topological polar surface area (TPSA) is 52.0 Å². The van der Waals surface area contributed by atoms with E-state index in [4.69, 9.17) is 0 Å². The highest BCUT2D eigenvalue weighted by molar-refractivity contribution is 7.90. The fourth-order valence-electron chi connectivity index (χ4n) is 1.51. The highest BCUT2D eigenvalue weighted by Gasteiger charge is 2.19. The van der Waals surface area contributed by atoms with E-state index in [1.54, 1.807) is 6.92 Å². The van der Waals surface area contributed by atoms with Crippen molar-refractivity contribution < 1.29 is 12.8 Å². The van der Waals surface area contributed by atoms with Crippen LogP contribution < -0.4 is 0 Å². The smallest absolute Gasteiger partial charge is 0.241 e. The van der Waals surface area contributed by atoms with Crippen LogP contribution in [-0.2, 0) is 10.0 Å². The molecule has 0 fully saturated rings. The van der Waals surface area contributed by atoms with E-state index in [-0.39, 0.29) is 4.90 Å². The van der Waals surface area contributed by atoms with E-state index >= 15 is 0 Å². The van der Waals surface area contributed by atoms with Gasteiger partial charge >= 0.3 is 0 Å². The molecular formula is C11H11FN2O2S.